The number of carbonyl (C=O) groups excluding carboxylic acids is 1. The standard InChI is InChI=1S/C6H7ClO2/c1-2-6(8)9-5-3-4-7/h1H,3-5H2. The lowest BCUT2D eigenvalue weighted by Crippen LogP contribution is -2.02. The predicted octanol–water partition coefficient (Wildman–Crippen LogP) is 0.792. The van der Waals surface area contributed by atoms with Crippen molar-refractivity contribution in [3.63, 3.8) is 0 Å². The number of ether oxygens (including phenoxy) is 1. The lowest BCUT2D eigenvalue weighted by molar-refractivity contribution is -0.136. The van der Waals surface area contributed by atoms with Gasteiger partial charge in [0.2, 0.25) is 0 Å². The van der Waals surface area contributed by atoms with Crippen molar-refractivity contribution in [2.75, 3.05) is 12.5 Å². The van der Waals surface area contributed by atoms with Crippen LogP contribution in [-0.2, 0) is 9.53 Å². The largest absolute Gasteiger partial charge is 0.456 e. The van der Waals surface area contributed by atoms with Gasteiger partial charge in [0.15, 0.2) is 0 Å². The van der Waals surface area contributed by atoms with E-state index in [2.05, 4.69) is 4.74 Å². The molecular formula is C6H7ClO2. The first-order valence-electron chi connectivity index (χ1n) is 2.50. The Morgan fingerprint density at radius 2 is 2.44 bits per heavy atom. The van der Waals surface area contributed by atoms with E-state index in [1.54, 1.807) is 0 Å². The number of alkyl halides is 1. The van der Waals surface area contributed by atoms with Gasteiger partial charge in [-0.3, -0.25) is 0 Å². The molecule has 0 aliphatic heterocycles. The van der Waals surface area contributed by atoms with Gasteiger partial charge < -0.3 is 4.74 Å². The maximum Gasteiger partial charge on any atom is 0.384 e. The van der Waals surface area contributed by atoms with E-state index in [1.807, 2.05) is 5.92 Å². The molecule has 0 amide bonds. The number of terminal acetylenes is 1. The average molecular weight is 147 g/mol. The second-order valence-electron chi connectivity index (χ2n) is 1.32. The topological polar surface area (TPSA) is 26.3 Å². The smallest absolute Gasteiger partial charge is 0.384 e. The zero-order valence-electron chi connectivity index (χ0n) is 4.89. The zero-order chi connectivity index (χ0) is 7.11. The van der Waals surface area contributed by atoms with Gasteiger partial charge in [0.25, 0.3) is 0 Å². The third-order valence-electron chi connectivity index (χ3n) is 0.629. The van der Waals surface area contributed by atoms with Crippen LogP contribution in [0.15, 0.2) is 0 Å². The molecule has 0 aliphatic rings. The van der Waals surface area contributed by atoms with Crippen LogP contribution in [-0.4, -0.2) is 18.5 Å². The SMILES string of the molecule is C#CC(=O)OCCCCl. The zero-order valence-corrected chi connectivity index (χ0v) is 5.65. The van der Waals surface area contributed by atoms with E-state index >= 15 is 0 Å². The summed E-state index contributed by atoms with van der Waals surface area (Å²) in [5.41, 5.74) is 0. The minimum Gasteiger partial charge on any atom is -0.456 e. The Kier molecular flexibility index (Phi) is 5.04. The number of halogens is 1. The molecule has 0 heterocycles. The molecule has 0 bridgehead atoms. The molecule has 0 aromatic carbocycles. The number of hydrogen-bond acceptors (Lipinski definition) is 2. The molecule has 0 saturated carbocycles. The number of carbonyl (C=O) groups is 1. The van der Waals surface area contributed by atoms with Gasteiger partial charge in [0, 0.05) is 11.8 Å². The lowest BCUT2D eigenvalue weighted by Gasteiger charge is -1.95. The highest BCUT2D eigenvalue weighted by atomic mass is 35.5. The van der Waals surface area contributed by atoms with Crippen LogP contribution in [0.3, 0.4) is 0 Å². The maximum absolute atomic E-state index is 10.2. The van der Waals surface area contributed by atoms with Gasteiger partial charge in [0.1, 0.15) is 0 Å². The van der Waals surface area contributed by atoms with E-state index in [1.165, 1.54) is 0 Å². The number of hydrogen-bond donors (Lipinski definition) is 0. The van der Waals surface area contributed by atoms with Crippen molar-refractivity contribution in [1.29, 1.82) is 0 Å². The normalized spacial score (nSPS) is 8.00. The van der Waals surface area contributed by atoms with Crippen molar-refractivity contribution >= 4 is 17.6 Å². The minimum absolute atomic E-state index is 0.312. The summed E-state index contributed by atoms with van der Waals surface area (Å²) in [7, 11) is 0. The molecule has 0 spiro atoms. The molecule has 3 heteroatoms. The van der Waals surface area contributed by atoms with E-state index in [0.717, 1.165) is 0 Å². The number of esters is 1. The Labute approximate surface area is 59.1 Å². The van der Waals surface area contributed by atoms with E-state index in [9.17, 15) is 4.79 Å². The summed E-state index contributed by atoms with van der Waals surface area (Å²) in [5, 5.41) is 0. The molecular weight excluding hydrogens is 140 g/mol. The summed E-state index contributed by atoms with van der Waals surface area (Å²) in [5.74, 6) is 1.68. The van der Waals surface area contributed by atoms with Crippen LogP contribution < -0.4 is 0 Å². The fourth-order valence-electron chi connectivity index (χ4n) is 0.261. The summed E-state index contributed by atoms with van der Waals surface area (Å²) >= 11 is 5.29. The van der Waals surface area contributed by atoms with Gasteiger partial charge in [-0.2, -0.15) is 0 Å². The van der Waals surface area contributed by atoms with Crippen LogP contribution in [0.2, 0.25) is 0 Å². The van der Waals surface area contributed by atoms with Gasteiger partial charge in [0.05, 0.1) is 6.61 Å². The average Bonchev–Trinajstić information content (AvgIpc) is 1.89. The van der Waals surface area contributed by atoms with Crippen molar-refractivity contribution in [3.8, 4) is 12.3 Å². The predicted molar refractivity (Wildman–Crippen MR) is 35.1 cm³/mol. The molecule has 0 aromatic heterocycles. The summed E-state index contributed by atoms with van der Waals surface area (Å²) in [6, 6.07) is 0. The molecule has 2 nitrogen and oxygen atoms in total. The summed E-state index contributed by atoms with van der Waals surface area (Å²) in [6.45, 7) is 0.312. The van der Waals surface area contributed by atoms with E-state index in [4.69, 9.17) is 18.0 Å². The lowest BCUT2D eigenvalue weighted by atomic mass is 10.5. The van der Waals surface area contributed by atoms with Crippen molar-refractivity contribution < 1.29 is 9.53 Å². The summed E-state index contributed by atoms with van der Waals surface area (Å²) in [4.78, 5) is 10.2. The van der Waals surface area contributed by atoms with Gasteiger partial charge in [-0.05, 0) is 6.42 Å². The third kappa shape index (κ3) is 5.19. The van der Waals surface area contributed by atoms with E-state index in [-0.39, 0.29) is 0 Å². The quantitative estimate of drug-likeness (QED) is 0.194. The molecule has 0 N–H and O–H groups in total. The van der Waals surface area contributed by atoms with Crippen LogP contribution in [0.25, 0.3) is 0 Å². The molecule has 0 aliphatic carbocycles. The maximum atomic E-state index is 10.2. The highest BCUT2D eigenvalue weighted by Crippen LogP contribution is 1.85. The molecule has 0 radical (unpaired) electrons. The Morgan fingerprint density at radius 3 is 2.89 bits per heavy atom. The molecule has 50 valence electrons. The van der Waals surface area contributed by atoms with Crippen molar-refractivity contribution in [1.82, 2.24) is 0 Å². The van der Waals surface area contributed by atoms with Crippen LogP contribution in [0, 0.1) is 12.3 Å². The van der Waals surface area contributed by atoms with Crippen LogP contribution in [0.5, 0.6) is 0 Å². The summed E-state index contributed by atoms with van der Waals surface area (Å²) < 4.78 is 4.47. The second kappa shape index (κ2) is 5.46. The second-order valence-corrected chi connectivity index (χ2v) is 1.70. The van der Waals surface area contributed by atoms with Gasteiger partial charge in [-0.1, -0.05) is 0 Å². The van der Waals surface area contributed by atoms with E-state index < -0.39 is 5.97 Å². The van der Waals surface area contributed by atoms with Gasteiger partial charge in [-0.15, -0.1) is 18.0 Å². The molecule has 9 heavy (non-hydrogen) atoms. The molecule has 0 saturated heterocycles. The van der Waals surface area contributed by atoms with Crippen molar-refractivity contribution in [2.24, 2.45) is 0 Å². The minimum atomic E-state index is -0.625. The molecule has 0 fully saturated rings. The number of rotatable bonds is 3. The van der Waals surface area contributed by atoms with Crippen LogP contribution >= 0.6 is 11.6 Å². The summed E-state index contributed by atoms with van der Waals surface area (Å²) in [6.07, 6.45) is 5.34. The first kappa shape index (κ1) is 8.32. The first-order chi connectivity index (χ1) is 4.31. The molecule has 0 unspecified atom stereocenters. The Balaban J connectivity index is 3.10. The Morgan fingerprint density at radius 1 is 1.78 bits per heavy atom. The molecule has 0 atom stereocenters. The van der Waals surface area contributed by atoms with Crippen molar-refractivity contribution in [3.05, 3.63) is 0 Å². The van der Waals surface area contributed by atoms with Gasteiger partial charge >= 0.3 is 5.97 Å². The van der Waals surface area contributed by atoms with Gasteiger partial charge in [-0.25, -0.2) is 4.79 Å². The highest BCUT2D eigenvalue weighted by molar-refractivity contribution is 6.17. The van der Waals surface area contributed by atoms with Crippen molar-refractivity contribution in [2.45, 2.75) is 6.42 Å². The fourth-order valence-corrected chi connectivity index (χ4v) is 0.370. The molecule has 0 aromatic rings. The Hall–Kier alpha value is -0.680. The highest BCUT2D eigenvalue weighted by Gasteiger charge is 1.92. The third-order valence-corrected chi connectivity index (χ3v) is 0.896. The van der Waals surface area contributed by atoms with Crippen LogP contribution in [0.1, 0.15) is 6.42 Å². The first-order valence-corrected chi connectivity index (χ1v) is 3.04. The van der Waals surface area contributed by atoms with Crippen LogP contribution in [0.4, 0.5) is 0 Å². The monoisotopic (exact) mass is 146 g/mol. The molecule has 0 rings (SSSR count). The Bertz CT molecular complexity index is 126. The fraction of sp³-hybridized carbons (Fsp3) is 0.500. The van der Waals surface area contributed by atoms with E-state index in [0.29, 0.717) is 18.9 Å².